The zero-order valence-corrected chi connectivity index (χ0v) is 16.9. The monoisotopic (exact) mass is 442 g/mol. The van der Waals surface area contributed by atoms with E-state index in [0.717, 1.165) is 11.6 Å². The van der Waals surface area contributed by atoms with E-state index in [9.17, 15) is 18.0 Å². The number of thiophene rings is 1. The van der Waals surface area contributed by atoms with E-state index >= 15 is 0 Å². The summed E-state index contributed by atoms with van der Waals surface area (Å²) in [6.45, 7) is 0.00369. The fraction of sp³-hybridized carbons (Fsp3) is 0.263. The fourth-order valence-electron chi connectivity index (χ4n) is 3.01. The van der Waals surface area contributed by atoms with Gasteiger partial charge in [0.1, 0.15) is 0 Å². The number of benzene rings is 1. The Kier molecular flexibility index (Phi) is 6.30. The molecule has 10 heteroatoms. The smallest absolute Gasteiger partial charge is 0.347 e. The van der Waals surface area contributed by atoms with Crippen LogP contribution in [-0.2, 0) is 19.6 Å². The number of hydrogen-bond donors (Lipinski definition) is 2. The van der Waals surface area contributed by atoms with Crippen LogP contribution in [0.5, 0.6) is 0 Å². The summed E-state index contributed by atoms with van der Waals surface area (Å²) in [5, 5.41) is 9.02. The first-order valence-electron chi connectivity index (χ1n) is 8.63. The lowest BCUT2D eigenvalue weighted by molar-refractivity contribution is -0.138. The molecule has 1 amide bonds. The molecule has 0 aliphatic heterocycles. The van der Waals surface area contributed by atoms with E-state index in [4.69, 9.17) is 17.3 Å². The first kappa shape index (κ1) is 21.4. The highest BCUT2D eigenvalue weighted by Gasteiger charge is 2.33. The van der Waals surface area contributed by atoms with Crippen molar-refractivity contribution in [2.24, 2.45) is 12.8 Å². The van der Waals surface area contributed by atoms with Crippen LogP contribution in [0.25, 0.3) is 11.3 Å². The molecule has 3 rings (SSSR count). The zero-order valence-electron chi connectivity index (χ0n) is 15.3. The molecule has 5 nitrogen and oxygen atoms in total. The number of halogens is 4. The lowest BCUT2D eigenvalue weighted by atomic mass is 9.99. The van der Waals surface area contributed by atoms with E-state index in [0.29, 0.717) is 15.6 Å². The van der Waals surface area contributed by atoms with Gasteiger partial charge in [-0.15, -0.1) is 11.3 Å². The van der Waals surface area contributed by atoms with Crippen LogP contribution in [-0.4, -0.2) is 28.3 Å². The molecule has 0 saturated heterocycles. The molecule has 3 aromatic rings. The van der Waals surface area contributed by atoms with Crippen LogP contribution in [0.15, 0.2) is 41.9 Å². The summed E-state index contributed by atoms with van der Waals surface area (Å²) in [6, 6.07) is 6.30. The van der Waals surface area contributed by atoms with Gasteiger partial charge in [0.15, 0.2) is 0 Å². The number of nitrogens with zero attached hydrogens (tertiary/aromatic N) is 2. The second-order valence-corrected chi connectivity index (χ2v) is 7.75. The van der Waals surface area contributed by atoms with Gasteiger partial charge in [-0.3, -0.25) is 9.48 Å². The molecule has 29 heavy (non-hydrogen) atoms. The minimum absolute atomic E-state index is 0.00369. The number of aryl methyl sites for hydroxylation is 1. The summed E-state index contributed by atoms with van der Waals surface area (Å²) in [6.07, 6.45) is -2.98. The maximum absolute atomic E-state index is 13.2. The van der Waals surface area contributed by atoms with Gasteiger partial charge in [-0.25, -0.2) is 0 Å². The predicted octanol–water partition coefficient (Wildman–Crippen LogP) is 4.12. The van der Waals surface area contributed by atoms with Gasteiger partial charge in [0.25, 0.3) is 5.91 Å². The van der Waals surface area contributed by atoms with Crippen molar-refractivity contribution in [3.8, 4) is 11.3 Å². The summed E-state index contributed by atoms with van der Waals surface area (Å²) in [5.74, 6) is -0.403. The predicted molar refractivity (Wildman–Crippen MR) is 107 cm³/mol. The van der Waals surface area contributed by atoms with E-state index in [1.165, 1.54) is 35.7 Å². The van der Waals surface area contributed by atoms with Crippen LogP contribution in [0.1, 0.15) is 20.8 Å². The van der Waals surface area contributed by atoms with Crippen molar-refractivity contribution < 1.29 is 18.0 Å². The number of nitrogens with two attached hydrogens (primary N) is 1. The summed E-state index contributed by atoms with van der Waals surface area (Å²) in [7, 11) is 1.74. The minimum Gasteiger partial charge on any atom is -0.347 e. The second-order valence-electron chi connectivity index (χ2n) is 6.43. The molecule has 0 aliphatic rings. The van der Waals surface area contributed by atoms with Crippen molar-refractivity contribution in [3.05, 3.63) is 62.9 Å². The van der Waals surface area contributed by atoms with Gasteiger partial charge in [-0.05, 0) is 24.1 Å². The first-order valence-corrected chi connectivity index (χ1v) is 9.89. The molecule has 2 heterocycles. The van der Waals surface area contributed by atoms with Gasteiger partial charge in [0.05, 0.1) is 27.4 Å². The standard InChI is InChI=1S/C19H18ClF3N4OS/c1-27-17(15(20)9-25-27)12-7-16(29-10-12)18(28)26-13(8-24)6-11-4-2-3-5-14(11)19(21,22)23/h2-5,7,9-10,13H,6,8,24H2,1H3,(H,26,28)/t13-/m0/s1. The van der Waals surface area contributed by atoms with Gasteiger partial charge in [0, 0.05) is 30.6 Å². The van der Waals surface area contributed by atoms with Crippen LogP contribution >= 0.6 is 22.9 Å². The van der Waals surface area contributed by atoms with Crippen molar-refractivity contribution >= 4 is 28.8 Å². The molecule has 154 valence electrons. The fourth-order valence-corrected chi connectivity index (χ4v) is 4.07. The van der Waals surface area contributed by atoms with E-state index in [2.05, 4.69) is 10.4 Å². The van der Waals surface area contributed by atoms with E-state index in [-0.39, 0.29) is 18.5 Å². The molecule has 3 N–H and O–H groups in total. The molecule has 1 aromatic carbocycles. The van der Waals surface area contributed by atoms with Crippen LogP contribution in [0.3, 0.4) is 0 Å². The average molecular weight is 443 g/mol. The van der Waals surface area contributed by atoms with E-state index < -0.39 is 23.7 Å². The molecule has 0 saturated carbocycles. The number of nitrogens with one attached hydrogen (secondary N) is 1. The SMILES string of the molecule is Cn1ncc(Cl)c1-c1csc(C(=O)N[C@H](CN)Cc2ccccc2C(F)(F)F)c1. The Labute approximate surface area is 174 Å². The second kappa shape index (κ2) is 8.56. The number of carbonyl (C=O) groups is 1. The van der Waals surface area contributed by atoms with Gasteiger partial charge in [0.2, 0.25) is 0 Å². The Balaban J connectivity index is 1.75. The zero-order chi connectivity index (χ0) is 21.2. The minimum atomic E-state index is -4.47. The molecular formula is C19H18ClF3N4OS. The quantitative estimate of drug-likeness (QED) is 0.603. The van der Waals surface area contributed by atoms with Crippen LogP contribution in [0.4, 0.5) is 13.2 Å². The molecule has 0 radical (unpaired) electrons. The number of carbonyl (C=O) groups excluding carboxylic acids is 1. The summed E-state index contributed by atoms with van der Waals surface area (Å²) >= 11 is 7.34. The van der Waals surface area contributed by atoms with Crippen LogP contribution in [0, 0.1) is 0 Å². The van der Waals surface area contributed by atoms with Crippen LogP contribution in [0.2, 0.25) is 5.02 Å². The molecule has 0 fully saturated rings. The van der Waals surface area contributed by atoms with Crippen molar-refractivity contribution in [3.63, 3.8) is 0 Å². The number of rotatable bonds is 6. The lowest BCUT2D eigenvalue weighted by Gasteiger charge is -2.19. The van der Waals surface area contributed by atoms with E-state index in [1.807, 2.05) is 0 Å². The third-order valence-corrected chi connectivity index (χ3v) is 5.61. The Morgan fingerprint density at radius 3 is 2.72 bits per heavy atom. The highest BCUT2D eigenvalue weighted by atomic mass is 35.5. The Morgan fingerprint density at radius 2 is 2.10 bits per heavy atom. The number of aromatic nitrogens is 2. The Hall–Kier alpha value is -2.36. The maximum atomic E-state index is 13.2. The normalized spacial score (nSPS) is 12.8. The first-order chi connectivity index (χ1) is 13.7. The number of amides is 1. The Bertz CT molecular complexity index is 996. The molecule has 0 aliphatic carbocycles. The van der Waals surface area contributed by atoms with Gasteiger partial charge in [-0.1, -0.05) is 29.8 Å². The topological polar surface area (TPSA) is 72.9 Å². The van der Waals surface area contributed by atoms with Gasteiger partial charge in [-0.2, -0.15) is 18.3 Å². The highest BCUT2D eigenvalue weighted by molar-refractivity contribution is 7.12. The highest BCUT2D eigenvalue weighted by Crippen LogP contribution is 2.33. The Morgan fingerprint density at radius 1 is 1.38 bits per heavy atom. The molecular weight excluding hydrogens is 425 g/mol. The van der Waals surface area contributed by atoms with Crippen LogP contribution < -0.4 is 11.1 Å². The molecule has 0 bridgehead atoms. The summed E-state index contributed by atoms with van der Waals surface area (Å²) in [5.41, 5.74) is 6.48. The van der Waals surface area contributed by atoms with Gasteiger partial charge < -0.3 is 11.1 Å². The van der Waals surface area contributed by atoms with Gasteiger partial charge >= 0.3 is 6.18 Å². The molecule has 0 unspecified atom stereocenters. The third-order valence-electron chi connectivity index (χ3n) is 4.40. The molecule has 1 atom stereocenters. The summed E-state index contributed by atoms with van der Waals surface area (Å²) < 4.78 is 41.2. The lowest BCUT2D eigenvalue weighted by Crippen LogP contribution is -2.41. The molecule has 0 spiro atoms. The number of alkyl halides is 3. The number of hydrogen-bond acceptors (Lipinski definition) is 4. The van der Waals surface area contributed by atoms with Crippen molar-refractivity contribution in [2.75, 3.05) is 6.54 Å². The third kappa shape index (κ3) is 4.80. The van der Waals surface area contributed by atoms with E-state index in [1.54, 1.807) is 23.2 Å². The van der Waals surface area contributed by atoms with Crippen molar-refractivity contribution in [1.29, 1.82) is 0 Å². The average Bonchev–Trinajstić information content (AvgIpc) is 3.27. The van der Waals surface area contributed by atoms with Crippen molar-refractivity contribution in [1.82, 2.24) is 15.1 Å². The van der Waals surface area contributed by atoms with Crippen molar-refractivity contribution in [2.45, 2.75) is 18.6 Å². The molecule has 2 aromatic heterocycles. The maximum Gasteiger partial charge on any atom is 0.416 e. The summed E-state index contributed by atoms with van der Waals surface area (Å²) in [4.78, 5) is 13.0. The largest absolute Gasteiger partial charge is 0.416 e.